The molecule has 0 spiro atoms. The number of aliphatic hydroxyl groups excluding tert-OH is 1. The Balaban J connectivity index is 2.10. The zero-order valence-electron chi connectivity index (χ0n) is 10.1. The highest BCUT2D eigenvalue weighted by Crippen LogP contribution is 2.26. The van der Waals surface area contributed by atoms with Crippen LogP contribution in [0.15, 0.2) is 0 Å². The Labute approximate surface area is 102 Å². The van der Waals surface area contributed by atoms with E-state index in [1.54, 1.807) is 0 Å². The molecule has 16 heavy (non-hydrogen) atoms. The number of hydrogen-bond acceptors (Lipinski definition) is 3. The zero-order valence-corrected chi connectivity index (χ0v) is 10.9. The minimum Gasteiger partial charge on any atom is -0.396 e. The molecular formula is C12H23NO2S. The summed E-state index contributed by atoms with van der Waals surface area (Å²) in [7, 11) is 0. The molecule has 2 N–H and O–H groups in total. The first-order valence-corrected chi connectivity index (χ1v) is 7.48. The highest BCUT2D eigenvalue weighted by molar-refractivity contribution is 7.99. The number of carbonyl (C=O) groups excluding carboxylic acids is 1. The third-order valence-corrected chi connectivity index (χ3v) is 4.32. The number of rotatable bonds is 6. The van der Waals surface area contributed by atoms with Crippen LogP contribution in [0.5, 0.6) is 0 Å². The summed E-state index contributed by atoms with van der Waals surface area (Å²) in [6.07, 6.45) is 8.94. The van der Waals surface area contributed by atoms with Crippen LogP contribution < -0.4 is 5.32 Å². The predicted molar refractivity (Wildman–Crippen MR) is 68.6 cm³/mol. The minimum absolute atomic E-state index is 0.154. The molecule has 3 nitrogen and oxygen atoms in total. The Hall–Kier alpha value is -0.220. The van der Waals surface area contributed by atoms with E-state index in [0.717, 1.165) is 30.9 Å². The van der Waals surface area contributed by atoms with Gasteiger partial charge in [0.05, 0.1) is 0 Å². The van der Waals surface area contributed by atoms with E-state index < -0.39 is 0 Å². The minimum atomic E-state index is 0.154. The van der Waals surface area contributed by atoms with E-state index in [0.29, 0.717) is 12.5 Å². The standard InChI is InChI=1S/C12H23NO2S/c1-16-11-7-5-10(6-8-11)13-12(15)4-2-3-9-14/h10-11,14H,2-9H2,1H3,(H,13,15). The molecule has 4 heteroatoms. The van der Waals surface area contributed by atoms with Crippen LogP contribution in [-0.4, -0.2) is 35.2 Å². The molecule has 0 atom stereocenters. The van der Waals surface area contributed by atoms with E-state index in [9.17, 15) is 4.79 Å². The van der Waals surface area contributed by atoms with Gasteiger partial charge in [0.15, 0.2) is 0 Å². The number of thioether (sulfide) groups is 1. The van der Waals surface area contributed by atoms with Gasteiger partial charge in [-0.15, -0.1) is 0 Å². The van der Waals surface area contributed by atoms with Crippen molar-refractivity contribution in [1.29, 1.82) is 0 Å². The molecule has 0 bridgehead atoms. The average molecular weight is 245 g/mol. The first-order valence-electron chi connectivity index (χ1n) is 6.19. The first kappa shape index (κ1) is 13.8. The van der Waals surface area contributed by atoms with Crippen molar-refractivity contribution in [3.8, 4) is 0 Å². The van der Waals surface area contributed by atoms with Crippen LogP contribution in [0.4, 0.5) is 0 Å². The van der Waals surface area contributed by atoms with Gasteiger partial charge in [0, 0.05) is 24.3 Å². The Bertz CT molecular complexity index is 203. The average Bonchev–Trinajstić information content (AvgIpc) is 2.30. The van der Waals surface area contributed by atoms with E-state index in [4.69, 9.17) is 5.11 Å². The topological polar surface area (TPSA) is 49.3 Å². The lowest BCUT2D eigenvalue weighted by molar-refractivity contribution is -0.122. The summed E-state index contributed by atoms with van der Waals surface area (Å²) < 4.78 is 0. The Morgan fingerprint density at radius 2 is 2.00 bits per heavy atom. The number of carbonyl (C=O) groups is 1. The molecule has 0 aromatic heterocycles. The number of unbranched alkanes of at least 4 members (excludes halogenated alkanes) is 1. The Morgan fingerprint density at radius 1 is 1.31 bits per heavy atom. The van der Waals surface area contributed by atoms with Gasteiger partial charge >= 0.3 is 0 Å². The molecule has 1 rings (SSSR count). The summed E-state index contributed by atoms with van der Waals surface area (Å²) in [5.41, 5.74) is 0. The molecule has 0 aliphatic heterocycles. The van der Waals surface area contributed by atoms with Crippen LogP contribution in [-0.2, 0) is 4.79 Å². The third kappa shape index (κ3) is 5.21. The molecule has 0 saturated heterocycles. The van der Waals surface area contributed by atoms with E-state index in [-0.39, 0.29) is 12.5 Å². The summed E-state index contributed by atoms with van der Waals surface area (Å²) >= 11 is 1.94. The van der Waals surface area contributed by atoms with E-state index in [1.807, 2.05) is 11.8 Å². The summed E-state index contributed by atoms with van der Waals surface area (Å²) in [4.78, 5) is 11.5. The van der Waals surface area contributed by atoms with Crippen molar-refractivity contribution in [2.45, 2.75) is 56.2 Å². The molecule has 0 aromatic carbocycles. The number of amides is 1. The van der Waals surface area contributed by atoms with Gasteiger partial charge in [-0.2, -0.15) is 11.8 Å². The molecule has 0 heterocycles. The van der Waals surface area contributed by atoms with Gasteiger partial charge < -0.3 is 10.4 Å². The maximum atomic E-state index is 11.5. The largest absolute Gasteiger partial charge is 0.396 e. The summed E-state index contributed by atoms with van der Waals surface area (Å²) in [5, 5.41) is 12.5. The summed E-state index contributed by atoms with van der Waals surface area (Å²) in [6.45, 7) is 0.187. The lowest BCUT2D eigenvalue weighted by Crippen LogP contribution is -2.37. The van der Waals surface area contributed by atoms with Gasteiger partial charge in [-0.1, -0.05) is 0 Å². The van der Waals surface area contributed by atoms with Crippen LogP contribution in [0.3, 0.4) is 0 Å². The quantitative estimate of drug-likeness (QED) is 0.703. The second-order valence-corrected chi connectivity index (χ2v) is 5.60. The van der Waals surface area contributed by atoms with Gasteiger partial charge in [0.25, 0.3) is 0 Å². The molecule has 0 aromatic rings. The lowest BCUT2D eigenvalue weighted by Gasteiger charge is -2.28. The molecule has 94 valence electrons. The third-order valence-electron chi connectivity index (χ3n) is 3.18. The Morgan fingerprint density at radius 3 is 2.56 bits per heavy atom. The van der Waals surface area contributed by atoms with Gasteiger partial charge in [0.2, 0.25) is 5.91 Å². The van der Waals surface area contributed by atoms with Crippen molar-refractivity contribution in [3.63, 3.8) is 0 Å². The van der Waals surface area contributed by atoms with Crippen molar-refractivity contribution >= 4 is 17.7 Å². The maximum Gasteiger partial charge on any atom is 0.220 e. The first-order chi connectivity index (χ1) is 7.76. The number of hydrogen-bond donors (Lipinski definition) is 2. The predicted octanol–water partition coefficient (Wildman–Crippen LogP) is 1.94. The molecule has 1 aliphatic carbocycles. The van der Waals surface area contributed by atoms with Crippen LogP contribution in [0.1, 0.15) is 44.9 Å². The molecule has 0 radical (unpaired) electrons. The van der Waals surface area contributed by atoms with Crippen molar-refractivity contribution < 1.29 is 9.90 Å². The van der Waals surface area contributed by atoms with Crippen LogP contribution in [0.25, 0.3) is 0 Å². The molecule has 0 unspecified atom stereocenters. The van der Waals surface area contributed by atoms with Crippen LogP contribution in [0, 0.1) is 0 Å². The molecule has 1 amide bonds. The maximum absolute atomic E-state index is 11.5. The van der Waals surface area contributed by atoms with Gasteiger partial charge in [-0.25, -0.2) is 0 Å². The highest BCUT2D eigenvalue weighted by atomic mass is 32.2. The van der Waals surface area contributed by atoms with Gasteiger partial charge in [0.1, 0.15) is 0 Å². The lowest BCUT2D eigenvalue weighted by atomic mass is 9.95. The second-order valence-electron chi connectivity index (χ2n) is 4.46. The van der Waals surface area contributed by atoms with Gasteiger partial charge in [-0.05, 0) is 44.8 Å². The molecular weight excluding hydrogens is 222 g/mol. The van der Waals surface area contributed by atoms with E-state index >= 15 is 0 Å². The molecule has 1 saturated carbocycles. The van der Waals surface area contributed by atoms with Crippen LogP contribution in [0.2, 0.25) is 0 Å². The fraction of sp³-hybridized carbons (Fsp3) is 0.917. The zero-order chi connectivity index (χ0) is 11.8. The smallest absolute Gasteiger partial charge is 0.220 e. The Kier molecular flexibility index (Phi) is 6.88. The van der Waals surface area contributed by atoms with Crippen LogP contribution >= 0.6 is 11.8 Å². The summed E-state index contributed by atoms with van der Waals surface area (Å²) in [6, 6.07) is 0.394. The van der Waals surface area contributed by atoms with E-state index in [1.165, 1.54) is 12.8 Å². The highest BCUT2D eigenvalue weighted by Gasteiger charge is 2.21. The molecule has 1 aliphatic rings. The number of aliphatic hydroxyl groups is 1. The molecule has 1 fully saturated rings. The SMILES string of the molecule is CSC1CCC(NC(=O)CCCCO)CC1. The van der Waals surface area contributed by atoms with Crippen molar-refractivity contribution in [2.75, 3.05) is 12.9 Å². The second kappa shape index (κ2) is 7.96. The normalized spacial score (nSPS) is 25.4. The van der Waals surface area contributed by atoms with Gasteiger partial charge in [-0.3, -0.25) is 4.79 Å². The number of nitrogens with one attached hydrogen (secondary N) is 1. The monoisotopic (exact) mass is 245 g/mol. The fourth-order valence-electron chi connectivity index (χ4n) is 2.14. The van der Waals surface area contributed by atoms with Crippen molar-refractivity contribution in [3.05, 3.63) is 0 Å². The summed E-state index contributed by atoms with van der Waals surface area (Å²) in [5.74, 6) is 0.154. The van der Waals surface area contributed by atoms with Crippen molar-refractivity contribution in [2.24, 2.45) is 0 Å². The fourth-order valence-corrected chi connectivity index (χ4v) is 2.88. The van der Waals surface area contributed by atoms with E-state index in [2.05, 4.69) is 11.6 Å². The van der Waals surface area contributed by atoms with Crippen molar-refractivity contribution in [1.82, 2.24) is 5.32 Å².